The first-order valence-corrected chi connectivity index (χ1v) is 6.75. The third-order valence-electron chi connectivity index (χ3n) is 1.77. The topological polar surface area (TPSA) is 46.5 Å². The second-order valence-corrected chi connectivity index (χ2v) is 5.42. The monoisotopic (exact) mass is 316 g/mol. The number of aliphatic hydroxyl groups excluding tert-OH is 1. The van der Waals surface area contributed by atoms with E-state index in [2.05, 4.69) is 15.9 Å². The summed E-state index contributed by atoms with van der Waals surface area (Å²) < 4.78 is 5.99. The summed E-state index contributed by atoms with van der Waals surface area (Å²) in [4.78, 5) is 11.8. The fourth-order valence-corrected chi connectivity index (χ4v) is 1.74. The Kier molecular flexibility index (Phi) is 7.18. The summed E-state index contributed by atoms with van der Waals surface area (Å²) in [6.07, 6.45) is 0. The van der Waals surface area contributed by atoms with Gasteiger partial charge in [0, 0.05) is 4.47 Å². The zero-order valence-electron chi connectivity index (χ0n) is 11.6. The van der Waals surface area contributed by atoms with Crippen molar-refractivity contribution in [2.45, 2.75) is 46.8 Å². The van der Waals surface area contributed by atoms with Crippen molar-refractivity contribution in [3.8, 4) is 0 Å². The molecule has 18 heavy (non-hydrogen) atoms. The Morgan fingerprint density at radius 3 is 2.28 bits per heavy atom. The van der Waals surface area contributed by atoms with Crippen LogP contribution in [0.25, 0.3) is 0 Å². The molecule has 4 heteroatoms. The van der Waals surface area contributed by atoms with Crippen LogP contribution in [0, 0.1) is 0 Å². The molecule has 0 saturated carbocycles. The molecule has 0 aliphatic carbocycles. The van der Waals surface area contributed by atoms with Crippen molar-refractivity contribution in [1.29, 1.82) is 0 Å². The van der Waals surface area contributed by atoms with Crippen molar-refractivity contribution in [3.63, 3.8) is 0 Å². The number of ether oxygens (including phenoxy) is 1. The highest BCUT2D eigenvalue weighted by Crippen LogP contribution is 2.19. The molecule has 1 rings (SSSR count). The van der Waals surface area contributed by atoms with E-state index in [1.807, 2.05) is 34.6 Å². The zero-order valence-corrected chi connectivity index (χ0v) is 13.2. The molecule has 1 aromatic carbocycles. The molecule has 0 aliphatic heterocycles. The molecule has 0 radical (unpaired) electrons. The van der Waals surface area contributed by atoms with Crippen molar-refractivity contribution in [2.75, 3.05) is 0 Å². The lowest BCUT2D eigenvalue weighted by molar-refractivity contribution is 0.00693. The van der Waals surface area contributed by atoms with E-state index in [0.29, 0.717) is 11.1 Å². The first kappa shape index (κ1) is 17.1. The lowest BCUT2D eigenvalue weighted by Gasteiger charge is -2.19. The molecule has 0 bridgehead atoms. The lowest BCUT2D eigenvalue weighted by atomic mass is 10.1. The van der Waals surface area contributed by atoms with Gasteiger partial charge in [0.15, 0.2) is 0 Å². The second kappa shape index (κ2) is 7.54. The van der Waals surface area contributed by atoms with Crippen molar-refractivity contribution in [3.05, 3.63) is 33.8 Å². The van der Waals surface area contributed by atoms with E-state index in [9.17, 15) is 4.79 Å². The quantitative estimate of drug-likeness (QED) is 0.841. The molecule has 0 aromatic heterocycles. The Balaban J connectivity index is 0.00000137. The summed E-state index contributed by atoms with van der Waals surface area (Å²) in [5, 5.41) is 9.03. The number of aliphatic hydroxyl groups is 1. The molecule has 0 fully saturated rings. The summed E-state index contributed by atoms with van der Waals surface area (Å²) in [6.45, 7) is 9.34. The van der Waals surface area contributed by atoms with E-state index in [4.69, 9.17) is 9.84 Å². The predicted octanol–water partition coefficient (Wildman–Crippen LogP) is 3.92. The van der Waals surface area contributed by atoms with Crippen molar-refractivity contribution in [2.24, 2.45) is 0 Å². The lowest BCUT2D eigenvalue weighted by Crippen LogP contribution is -2.24. The molecule has 0 spiro atoms. The number of hydrogen-bond donors (Lipinski definition) is 1. The van der Waals surface area contributed by atoms with Crippen molar-refractivity contribution >= 4 is 21.9 Å². The molecule has 0 saturated heterocycles. The Morgan fingerprint density at radius 2 is 1.83 bits per heavy atom. The molecule has 1 N–H and O–H groups in total. The number of hydrogen-bond acceptors (Lipinski definition) is 3. The maximum Gasteiger partial charge on any atom is 0.338 e. The summed E-state index contributed by atoms with van der Waals surface area (Å²) >= 11 is 3.28. The van der Waals surface area contributed by atoms with Gasteiger partial charge in [0.1, 0.15) is 5.60 Å². The molecule has 0 unspecified atom stereocenters. The van der Waals surface area contributed by atoms with E-state index in [1.54, 1.807) is 18.2 Å². The highest BCUT2D eigenvalue weighted by Gasteiger charge is 2.18. The maximum atomic E-state index is 11.8. The molecule has 0 atom stereocenters. The number of halogens is 1. The Morgan fingerprint density at radius 1 is 1.28 bits per heavy atom. The SMILES string of the molecule is CC.CC(C)(C)OC(=O)c1cc(Br)cc(CO)c1. The van der Waals surface area contributed by atoms with E-state index < -0.39 is 5.60 Å². The summed E-state index contributed by atoms with van der Waals surface area (Å²) in [5.74, 6) is -0.386. The van der Waals surface area contributed by atoms with Gasteiger partial charge in [-0.3, -0.25) is 0 Å². The summed E-state index contributed by atoms with van der Waals surface area (Å²) in [7, 11) is 0. The van der Waals surface area contributed by atoms with Gasteiger partial charge in [0.25, 0.3) is 0 Å². The van der Waals surface area contributed by atoms with E-state index in [1.165, 1.54) is 0 Å². The minimum absolute atomic E-state index is 0.102. The van der Waals surface area contributed by atoms with Gasteiger partial charge in [-0.25, -0.2) is 4.79 Å². The van der Waals surface area contributed by atoms with Crippen LogP contribution in [0.3, 0.4) is 0 Å². The first-order chi connectivity index (χ1) is 8.31. The molecule has 1 aromatic rings. The highest BCUT2D eigenvalue weighted by atomic mass is 79.9. The Labute approximate surface area is 117 Å². The largest absolute Gasteiger partial charge is 0.456 e. The van der Waals surface area contributed by atoms with Crippen LogP contribution < -0.4 is 0 Å². The van der Waals surface area contributed by atoms with Gasteiger partial charge in [0.05, 0.1) is 12.2 Å². The zero-order chi connectivity index (χ0) is 14.3. The van der Waals surface area contributed by atoms with Crippen LogP contribution in [0.5, 0.6) is 0 Å². The maximum absolute atomic E-state index is 11.8. The van der Waals surface area contributed by atoms with Crippen LogP contribution in [-0.4, -0.2) is 16.7 Å². The smallest absolute Gasteiger partial charge is 0.338 e. The number of rotatable bonds is 2. The molecular formula is C14H21BrO3. The summed E-state index contributed by atoms with van der Waals surface area (Å²) in [6, 6.07) is 5.06. The normalized spacial score (nSPS) is 10.4. The molecule has 3 nitrogen and oxygen atoms in total. The van der Waals surface area contributed by atoms with E-state index in [0.717, 1.165) is 4.47 Å². The molecule has 0 heterocycles. The number of carbonyl (C=O) groups is 1. The van der Waals surface area contributed by atoms with Crippen LogP contribution in [0.15, 0.2) is 22.7 Å². The molecule has 0 amide bonds. The third kappa shape index (κ3) is 6.17. The minimum Gasteiger partial charge on any atom is -0.456 e. The molecule has 0 aliphatic rings. The van der Waals surface area contributed by atoms with E-state index >= 15 is 0 Å². The second-order valence-electron chi connectivity index (χ2n) is 4.51. The van der Waals surface area contributed by atoms with Crippen LogP contribution in [0.2, 0.25) is 0 Å². The third-order valence-corrected chi connectivity index (χ3v) is 2.23. The van der Waals surface area contributed by atoms with Crippen LogP contribution in [0.4, 0.5) is 0 Å². The number of esters is 1. The van der Waals surface area contributed by atoms with Gasteiger partial charge in [-0.2, -0.15) is 0 Å². The van der Waals surface area contributed by atoms with Crippen molar-refractivity contribution in [1.82, 2.24) is 0 Å². The van der Waals surface area contributed by atoms with Gasteiger partial charge in [0.2, 0.25) is 0 Å². The standard InChI is InChI=1S/C12H15BrO3.C2H6/c1-12(2,3)16-11(15)9-4-8(7-14)5-10(13)6-9;1-2/h4-6,14H,7H2,1-3H3;1-2H3. The fraction of sp³-hybridized carbons (Fsp3) is 0.500. The molecule has 102 valence electrons. The minimum atomic E-state index is -0.515. The Bertz CT molecular complexity index is 395. The summed E-state index contributed by atoms with van der Waals surface area (Å²) in [5.41, 5.74) is 0.599. The fourth-order valence-electron chi connectivity index (χ4n) is 1.20. The highest BCUT2D eigenvalue weighted by molar-refractivity contribution is 9.10. The predicted molar refractivity (Wildman–Crippen MR) is 76.6 cm³/mol. The Hall–Kier alpha value is -0.870. The van der Waals surface area contributed by atoms with Crippen molar-refractivity contribution < 1.29 is 14.6 Å². The average Bonchev–Trinajstić information content (AvgIpc) is 2.28. The van der Waals surface area contributed by atoms with Gasteiger partial charge < -0.3 is 9.84 Å². The van der Waals surface area contributed by atoms with Gasteiger partial charge >= 0.3 is 5.97 Å². The van der Waals surface area contributed by atoms with Gasteiger partial charge in [-0.15, -0.1) is 0 Å². The molecular weight excluding hydrogens is 296 g/mol. The van der Waals surface area contributed by atoms with Crippen LogP contribution >= 0.6 is 15.9 Å². The van der Waals surface area contributed by atoms with Crippen LogP contribution in [0.1, 0.15) is 50.5 Å². The van der Waals surface area contributed by atoms with Crippen LogP contribution in [-0.2, 0) is 11.3 Å². The van der Waals surface area contributed by atoms with E-state index in [-0.39, 0.29) is 12.6 Å². The first-order valence-electron chi connectivity index (χ1n) is 5.95. The number of benzene rings is 1. The number of carbonyl (C=O) groups excluding carboxylic acids is 1. The van der Waals surface area contributed by atoms with Gasteiger partial charge in [-0.1, -0.05) is 29.8 Å². The average molecular weight is 317 g/mol. The van der Waals surface area contributed by atoms with Gasteiger partial charge in [-0.05, 0) is 44.5 Å².